The highest BCUT2D eigenvalue weighted by Crippen LogP contribution is 2.35. The smallest absolute Gasteiger partial charge is 0.489 e. The molecule has 2 aliphatic heterocycles. The molecule has 1 aromatic heterocycles. The number of benzene rings is 3. The average molecular weight is 464 g/mol. The largest absolute Gasteiger partial charge is 0.493 e. The number of ether oxygens (including phenoxy) is 2. The molecule has 7 heteroatoms. The molecule has 0 fully saturated rings. The first kappa shape index (κ1) is 19.4. The van der Waals surface area contributed by atoms with Crippen LogP contribution in [0.2, 0.25) is 0 Å². The maximum atomic E-state index is 9.31. The van der Waals surface area contributed by atoms with Crippen LogP contribution in [0.5, 0.6) is 11.5 Å². The molecule has 30 heavy (non-hydrogen) atoms. The fraction of sp³-hybridized carbons (Fsp3) is 0.174. The first-order valence-electron chi connectivity index (χ1n) is 9.86. The Hall–Kier alpha value is -2.61. The van der Waals surface area contributed by atoms with Crippen molar-refractivity contribution in [1.82, 2.24) is 4.98 Å². The number of hydrogen-bond acceptors (Lipinski definition) is 5. The predicted octanol–water partition coefficient (Wildman–Crippen LogP) is 3.39. The molecule has 3 aromatic carbocycles. The van der Waals surface area contributed by atoms with Crippen LogP contribution >= 0.6 is 15.9 Å². The van der Waals surface area contributed by atoms with E-state index in [4.69, 9.17) is 9.47 Å². The molecule has 0 bridgehead atoms. The van der Waals surface area contributed by atoms with Crippen LogP contribution in [0.25, 0.3) is 21.7 Å². The molecule has 0 unspecified atom stereocenters. The topological polar surface area (TPSA) is 71.8 Å². The molecule has 3 heterocycles. The molecule has 5 nitrogen and oxygen atoms in total. The summed E-state index contributed by atoms with van der Waals surface area (Å²) in [5.41, 5.74) is 4.07. The Kier molecular flexibility index (Phi) is 5.10. The van der Waals surface area contributed by atoms with Crippen molar-refractivity contribution in [1.29, 1.82) is 0 Å². The standard InChI is InChI=1S/C12H11BO3.C11H8BrNO/c14-13(15)10-4-5-11-12-8(6-7-16-11)2-1-3-9(10)12;12-8-1-2-9-10-7(4-6-14-9)3-5-13-11(8)10/h1-5,14-15H,6-7H2;1-3,5H,4,6H2. The Bertz CT molecular complexity index is 1240. The second-order valence-corrected chi connectivity index (χ2v) is 8.16. The maximum absolute atomic E-state index is 9.31. The highest BCUT2D eigenvalue weighted by Gasteiger charge is 2.20. The van der Waals surface area contributed by atoms with Crippen LogP contribution in [-0.4, -0.2) is 35.4 Å². The van der Waals surface area contributed by atoms with Gasteiger partial charge in [-0.25, -0.2) is 0 Å². The zero-order chi connectivity index (χ0) is 20.7. The zero-order valence-electron chi connectivity index (χ0n) is 16.1. The van der Waals surface area contributed by atoms with Gasteiger partial charge in [-0.3, -0.25) is 4.98 Å². The minimum Gasteiger partial charge on any atom is -0.493 e. The Morgan fingerprint density at radius 3 is 2.30 bits per heavy atom. The van der Waals surface area contributed by atoms with Crippen molar-refractivity contribution in [3.05, 3.63) is 70.3 Å². The van der Waals surface area contributed by atoms with E-state index in [9.17, 15) is 10.0 Å². The molecular weight excluding hydrogens is 445 g/mol. The van der Waals surface area contributed by atoms with E-state index in [2.05, 4.69) is 33.0 Å². The van der Waals surface area contributed by atoms with Gasteiger partial charge in [-0.05, 0) is 62.2 Å². The lowest BCUT2D eigenvalue weighted by molar-refractivity contribution is 0.318. The summed E-state index contributed by atoms with van der Waals surface area (Å²) >= 11 is 3.50. The maximum Gasteiger partial charge on any atom is 0.489 e. The van der Waals surface area contributed by atoms with Gasteiger partial charge in [0.05, 0.1) is 18.7 Å². The van der Waals surface area contributed by atoms with Crippen LogP contribution in [0.3, 0.4) is 0 Å². The van der Waals surface area contributed by atoms with Crippen LogP contribution in [-0.2, 0) is 12.8 Å². The summed E-state index contributed by atoms with van der Waals surface area (Å²) in [4.78, 5) is 4.36. The molecule has 0 aliphatic carbocycles. The van der Waals surface area contributed by atoms with E-state index < -0.39 is 7.12 Å². The van der Waals surface area contributed by atoms with E-state index in [0.717, 1.165) is 57.1 Å². The number of nitrogens with zero attached hydrogens (tertiary/aromatic N) is 1. The van der Waals surface area contributed by atoms with Crippen molar-refractivity contribution in [2.24, 2.45) is 0 Å². The Labute approximate surface area is 182 Å². The molecule has 0 amide bonds. The van der Waals surface area contributed by atoms with Crippen LogP contribution in [0, 0.1) is 0 Å². The van der Waals surface area contributed by atoms with E-state index in [-0.39, 0.29) is 0 Å². The lowest BCUT2D eigenvalue weighted by Crippen LogP contribution is -2.31. The van der Waals surface area contributed by atoms with Crippen molar-refractivity contribution < 1.29 is 19.5 Å². The van der Waals surface area contributed by atoms with Gasteiger partial charge in [0.25, 0.3) is 0 Å². The number of pyridine rings is 1. The molecule has 0 saturated carbocycles. The van der Waals surface area contributed by atoms with Gasteiger partial charge in [0.1, 0.15) is 11.5 Å². The van der Waals surface area contributed by atoms with Gasteiger partial charge in [-0.1, -0.05) is 24.3 Å². The molecule has 0 saturated heterocycles. The number of aromatic nitrogens is 1. The third-order valence-corrected chi connectivity index (χ3v) is 6.19. The Morgan fingerprint density at radius 2 is 1.53 bits per heavy atom. The van der Waals surface area contributed by atoms with Gasteiger partial charge < -0.3 is 19.5 Å². The zero-order valence-corrected chi connectivity index (χ0v) is 17.7. The van der Waals surface area contributed by atoms with Crippen LogP contribution in [0.1, 0.15) is 11.1 Å². The average Bonchev–Trinajstić information content (AvgIpc) is 2.77. The molecule has 150 valence electrons. The number of rotatable bonds is 1. The van der Waals surface area contributed by atoms with Gasteiger partial charge in [0.15, 0.2) is 0 Å². The van der Waals surface area contributed by atoms with Crippen molar-refractivity contribution in [2.45, 2.75) is 12.8 Å². The summed E-state index contributed by atoms with van der Waals surface area (Å²) in [6.07, 6.45) is 3.70. The highest BCUT2D eigenvalue weighted by molar-refractivity contribution is 9.10. The summed E-state index contributed by atoms with van der Waals surface area (Å²) in [5.74, 6) is 1.79. The summed E-state index contributed by atoms with van der Waals surface area (Å²) < 4.78 is 12.2. The van der Waals surface area contributed by atoms with Gasteiger partial charge >= 0.3 is 7.12 Å². The third kappa shape index (κ3) is 3.33. The van der Waals surface area contributed by atoms with Crippen molar-refractivity contribution in [3.8, 4) is 11.5 Å². The molecule has 6 rings (SSSR count). The minimum absolute atomic E-state index is 0.533. The van der Waals surface area contributed by atoms with Crippen molar-refractivity contribution in [2.75, 3.05) is 13.2 Å². The lowest BCUT2D eigenvalue weighted by atomic mass is 9.76. The quantitative estimate of drug-likeness (QED) is 0.423. The van der Waals surface area contributed by atoms with Gasteiger partial charge in [-0.15, -0.1) is 0 Å². The van der Waals surface area contributed by atoms with E-state index in [1.54, 1.807) is 12.1 Å². The predicted molar refractivity (Wildman–Crippen MR) is 122 cm³/mol. The van der Waals surface area contributed by atoms with Crippen LogP contribution in [0.15, 0.2) is 59.2 Å². The van der Waals surface area contributed by atoms with E-state index >= 15 is 0 Å². The molecule has 4 aromatic rings. The molecule has 2 aliphatic rings. The lowest BCUT2D eigenvalue weighted by Gasteiger charge is -2.19. The first-order chi connectivity index (χ1) is 14.6. The second kappa shape index (κ2) is 7.91. The summed E-state index contributed by atoms with van der Waals surface area (Å²) in [6.45, 7) is 1.46. The SMILES string of the molecule is Brc1ccc2c3c(ccnc13)CCO2.OB(O)c1ccc2c3c(cccc13)CCO2. The minimum atomic E-state index is -1.44. The molecule has 0 radical (unpaired) electrons. The van der Waals surface area contributed by atoms with E-state index in [0.29, 0.717) is 12.1 Å². The molecule has 2 N–H and O–H groups in total. The van der Waals surface area contributed by atoms with Gasteiger partial charge in [0, 0.05) is 34.3 Å². The number of hydrogen-bond donors (Lipinski definition) is 2. The van der Waals surface area contributed by atoms with Gasteiger partial charge in [0.2, 0.25) is 0 Å². The Morgan fingerprint density at radius 1 is 0.833 bits per heavy atom. The summed E-state index contributed by atoms with van der Waals surface area (Å²) in [5, 5.41) is 21.7. The second-order valence-electron chi connectivity index (χ2n) is 7.30. The van der Waals surface area contributed by atoms with E-state index in [1.807, 2.05) is 30.5 Å². The molecule has 0 atom stereocenters. The van der Waals surface area contributed by atoms with E-state index in [1.165, 1.54) is 11.1 Å². The van der Waals surface area contributed by atoms with Gasteiger partial charge in [-0.2, -0.15) is 0 Å². The van der Waals surface area contributed by atoms with Crippen LogP contribution in [0.4, 0.5) is 0 Å². The normalized spacial score (nSPS) is 13.8. The summed E-state index contributed by atoms with van der Waals surface area (Å²) in [7, 11) is -1.44. The fourth-order valence-electron chi connectivity index (χ4n) is 4.16. The van der Waals surface area contributed by atoms with Crippen LogP contribution < -0.4 is 14.9 Å². The fourth-order valence-corrected chi connectivity index (χ4v) is 4.60. The van der Waals surface area contributed by atoms with Crippen molar-refractivity contribution >= 4 is 50.2 Å². The van der Waals surface area contributed by atoms with Crippen molar-refractivity contribution in [3.63, 3.8) is 0 Å². The first-order valence-corrected chi connectivity index (χ1v) is 10.6. The monoisotopic (exact) mass is 463 g/mol. The summed E-state index contributed by atoms with van der Waals surface area (Å²) in [6, 6.07) is 15.5. The molecule has 0 spiro atoms. The molecular formula is C23H19BBrNO4. The highest BCUT2D eigenvalue weighted by atomic mass is 79.9. The Balaban J connectivity index is 0.000000130. The number of halogens is 1. The third-order valence-electron chi connectivity index (χ3n) is 5.55.